The van der Waals surface area contributed by atoms with Crippen LogP contribution in [0.1, 0.15) is 42.9 Å². The third kappa shape index (κ3) is 1.50. The predicted molar refractivity (Wildman–Crippen MR) is 55.3 cm³/mol. The molecule has 1 aliphatic carbocycles. The SMILES string of the molecule is Cc1c(C2CCCCC2N)[nH][nH]c1=O. The predicted octanol–water partition coefficient (Wildman–Crippen LogP) is 0.996. The Bertz CT molecular complexity index is 366. The first-order valence-corrected chi connectivity index (χ1v) is 5.23. The molecule has 0 aliphatic heterocycles. The minimum absolute atomic E-state index is 0.0160. The fourth-order valence-corrected chi connectivity index (χ4v) is 2.32. The summed E-state index contributed by atoms with van der Waals surface area (Å²) in [5.41, 5.74) is 7.85. The van der Waals surface area contributed by atoms with E-state index in [0.717, 1.165) is 24.1 Å². The number of rotatable bonds is 1. The van der Waals surface area contributed by atoms with Crippen molar-refractivity contribution in [1.82, 2.24) is 10.2 Å². The average molecular weight is 195 g/mol. The molecule has 0 saturated heterocycles. The fourth-order valence-electron chi connectivity index (χ4n) is 2.32. The number of aromatic nitrogens is 2. The summed E-state index contributed by atoms with van der Waals surface area (Å²) in [4.78, 5) is 11.3. The topological polar surface area (TPSA) is 74.7 Å². The molecule has 0 spiro atoms. The van der Waals surface area contributed by atoms with E-state index in [4.69, 9.17) is 5.73 Å². The first kappa shape index (κ1) is 9.52. The number of nitrogens with two attached hydrogens (primary N) is 1. The first-order valence-electron chi connectivity index (χ1n) is 5.23. The largest absolute Gasteiger partial charge is 0.327 e. The second kappa shape index (κ2) is 3.61. The van der Waals surface area contributed by atoms with E-state index < -0.39 is 0 Å². The zero-order chi connectivity index (χ0) is 10.1. The van der Waals surface area contributed by atoms with Crippen LogP contribution in [0, 0.1) is 6.92 Å². The van der Waals surface area contributed by atoms with Crippen molar-refractivity contribution >= 4 is 0 Å². The van der Waals surface area contributed by atoms with Gasteiger partial charge in [-0.2, -0.15) is 0 Å². The quantitative estimate of drug-likeness (QED) is 0.625. The van der Waals surface area contributed by atoms with Gasteiger partial charge in [0.15, 0.2) is 0 Å². The van der Waals surface area contributed by atoms with E-state index in [1.54, 1.807) is 0 Å². The molecule has 1 fully saturated rings. The Kier molecular flexibility index (Phi) is 2.46. The Hall–Kier alpha value is -1.03. The summed E-state index contributed by atoms with van der Waals surface area (Å²) in [6.07, 6.45) is 4.59. The minimum atomic E-state index is -0.0160. The van der Waals surface area contributed by atoms with Gasteiger partial charge < -0.3 is 10.8 Å². The summed E-state index contributed by atoms with van der Waals surface area (Å²) in [5.74, 6) is 0.336. The van der Waals surface area contributed by atoms with Crippen LogP contribution in [-0.4, -0.2) is 16.2 Å². The monoisotopic (exact) mass is 195 g/mol. The average Bonchev–Trinajstić information content (AvgIpc) is 2.49. The van der Waals surface area contributed by atoms with E-state index in [9.17, 15) is 4.79 Å². The van der Waals surface area contributed by atoms with Gasteiger partial charge in [-0.1, -0.05) is 12.8 Å². The van der Waals surface area contributed by atoms with Gasteiger partial charge in [-0.05, 0) is 19.8 Å². The van der Waals surface area contributed by atoms with Gasteiger partial charge in [0.05, 0.1) is 0 Å². The van der Waals surface area contributed by atoms with Gasteiger partial charge in [0.1, 0.15) is 0 Å². The number of hydrogen-bond acceptors (Lipinski definition) is 2. The molecular weight excluding hydrogens is 178 g/mol. The molecule has 0 radical (unpaired) electrons. The van der Waals surface area contributed by atoms with E-state index in [0.29, 0.717) is 5.92 Å². The third-order valence-corrected chi connectivity index (χ3v) is 3.25. The lowest BCUT2D eigenvalue weighted by atomic mass is 9.82. The van der Waals surface area contributed by atoms with Crippen molar-refractivity contribution in [2.75, 3.05) is 0 Å². The van der Waals surface area contributed by atoms with E-state index in [2.05, 4.69) is 10.2 Å². The summed E-state index contributed by atoms with van der Waals surface area (Å²) in [5, 5.41) is 5.57. The number of aromatic amines is 2. The van der Waals surface area contributed by atoms with Crippen molar-refractivity contribution in [2.45, 2.75) is 44.6 Å². The molecule has 0 aromatic carbocycles. The van der Waals surface area contributed by atoms with Crippen LogP contribution < -0.4 is 11.3 Å². The second-order valence-corrected chi connectivity index (χ2v) is 4.17. The molecule has 1 aliphatic rings. The summed E-state index contributed by atoms with van der Waals surface area (Å²) in [6, 6.07) is 0.203. The van der Waals surface area contributed by atoms with Gasteiger partial charge in [0.2, 0.25) is 0 Å². The van der Waals surface area contributed by atoms with Gasteiger partial charge >= 0.3 is 0 Å². The van der Waals surface area contributed by atoms with Gasteiger partial charge in [0.25, 0.3) is 5.56 Å². The normalized spacial score (nSPS) is 27.9. The van der Waals surface area contributed by atoms with Crippen LogP contribution >= 0.6 is 0 Å². The van der Waals surface area contributed by atoms with E-state index in [-0.39, 0.29) is 11.6 Å². The molecule has 1 aromatic rings. The summed E-state index contributed by atoms with van der Waals surface area (Å²) < 4.78 is 0. The fraction of sp³-hybridized carbons (Fsp3) is 0.700. The molecule has 78 valence electrons. The Balaban J connectivity index is 2.29. The minimum Gasteiger partial charge on any atom is -0.327 e. The van der Waals surface area contributed by atoms with Gasteiger partial charge in [0, 0.05) is 23.2 Å². The van der Waals surface area contributed by atoms with E-state index in [1.807, 2.05) is 6.92 Å². The molecule has 2 unspecified atom stereocenters. The van der Waals surface area contributed by atoms with Crippen LogP contribution in [0.3, 0.4) is 0 Å². The maximum atomic E-state index is 11.3. The lowest BCUT2D eigenvalue weighted by Crippen LogP contribution is -2.32. The highest BCUT2D eigenvalue weighted by atomic mass is 16.1. The highest BCUT2D eigenvalue weighted by Gasteiger charge is 2.26. The number of H-pyrrole nitrogens is 2. The lowest BCUT2D eigenvalue weighted by Gasteiger charge is -2.27. The standard InChI is InChI=1S/C10H17N3O/c1-6-9(12-13-10(6)14)7-4-2-3-5-8(7)11/h7-8H,2-5,11H2,1H3,(H2,12,13,14). The van der Waals surface area contributed by atoms with Gasteiger partial charge in [-0.15, -0.1) is 0 Å². The van der Waals surface area contributed by atoms with E-state index in [1.165, 1.54) is 12.8 Å². The van der Waals surface area contributed by atoms with E-state index >= 15 is 0 Å². The summed E-state index contributed by atoms with van der Waals surface area (Å²) in [6.45, 7) is 1.85. The highest BCUT2D eigenvalue weighted by Crippen LogP contribution is 2.31. The molecule has 4 heteroatoms. The Morgan fingerprint density at radius 3 is 2.57 bits per heavy atom. The summed E-state index contributed by atoms with van der Waals surface area (Å²) >= 11 is 0. The second-order valence-electron chi connectivity index (χ2n) is 4.17. The Morgan fingerprint density at radius 2 is 2.00 bits per heavy atom. The molecule has 1 heterocycles. The zero-order valence-electron chi connectivity index (χ0n) is 8.47. The summed E-state index contributed by atoms with van der Waals surface area (Å²) in [7, 11) is 0. The van der Waals surface area contributed by atoms with Crippen molar-refractivity contribution in [3.05, 3.63) is 21.6 Å². The molecule has 1 aromatic heterocycles. The molecule has 2 atom stereocenters. The molecule has 14 heavy (non-hydrogen) atoms. The van der Waals surface area contributed by atoms with Crippen LogP contribution in [0.5, 0.6) is 0 Å². The van der Waals surface area contributed by atoms with Crippen molar-refractivity contribution < 1.29 is 0 Å². The van der Waals surface area contributed by atoms with Gasteiger partial charge in [-0.25, -0.2) is 0 Å². The smallest absolute Gasteiger partial charge is 0.267 e. The van der Waals surface area contributed by atoms with Crippen LogP contribution in [0.15, 0.2) is 4.79 Å². The molecule has 0 bridgehead atoms. The van der Waals surface area contributed by atoms with Crippen molar-refractivity contribution in [1.29, 1.82) is 0 Å². The Labute approximate surface area is 82.9 Å². The van der Waals surface area contributed by atoms with Crippen LogP contribution in [0.2, 0.25) is 0 Å². The number of hydrogen-bond donors (Lipinski definition) is 3. The van der Waals surface area contributed by atoms with Gasteiger partial charge in [-0.3, -0.25) is 9.89 Å². The van der Waals surface area contributed by atoms with Crippen molar-refractivity contribution in [3.8, 4) is 0 Å². The van der Waals surface area contributed by atoms with Crippen molar-refractivity contribution in [2.24, 2.45) is 5.73 Å². The zero-order valence-corrected chi connectivity index (χ0v) is 8.47. The maximum absolute atomic E-state index is 11.3. The lowest BCUT2D eigenvalue weighted by molar-refractivity contribution is 0.378. The molecular formula is C10H17N3O. The molecule has 0 amide bonds. The molecule has 4 nitrogen and oxygen atoms in total. The Morgan fingerprint density at radius 1 is 1.29 bits per heavy atom. The van der Waals surface area contributed by atoms with Crippen molar-refractivity contribution in [3.63, 3.8) is 0 Å². The third-order valence-electron chi connectivity index (χ3n) is 3.25. The number of nitrogens with one attached hydrogen (secondary N) is 2. The first-order chi connectivity index (χ1) is 6.70. The molecule has 4 N–H and O–H groups in total. The molecule has 2 rings (SSSR count). The highest BCUT2D eigenvalue weighted by molar-refractivity contribution is 5.21. The van der Waals surface area contributed by atoms with Crippen LogP contribution in [0.25, 0.3) is 0 Å². The maximum Gasteiger partial charge on any atom is 0.267 e. The van der Waals surface area contributed by atoms with Crippen LogP contribution in [-0.2, 0) is 0 Å². The molecule has 1 saturated carbocycles. The van der Waals surface area contributed by atoms with Crippen LogP contribution in [0.4, 0.5) is 0 Å².